The molecular weight excluding hydrogens is 210 g/mol. The van der Waals surface area contributed by atoms with Gasteiger partial charge >= 0.3 is 0 Å². The van der Waals surface area contributed by atoms with Gasteiger partial charge in [-0.05, 0) is 36.6 Å². The molecule has 2 N–H and O–H groups in total. The van der Waals surface area contributed by atoms with Gasteiger partial charge in [-0.1, -0.05) is 11.6 Å². The Balaban J connectivity index is 2.05. The van der Waals surface area contributed by atoms with Gasteiger partial charge < -0.3 is 10.1 Å². The van der Waals surface area contributed by atoms with E-state index in [0.29, 0.717) is 6.42 Å². The monoisotopic (exact) mass is 221 g/mol. The summed E-state index contributed by atoms with van der Waals surface area (Å²) in [5.41, 5.74) is 1.63. The molecule has 0 spiro atoms. The molecule has 3 heteroatoms. The van der Waals surface area contributed by atoms with Crippen LogP contribution in [0.5, 0.6) is 0 Å². The van der Waals surface area contributed by atoms with Crippen molar-refractivity contribution in [2.45, 2.75) is 24.9 Å². The molecule has 0 saturated heterocycles. The largest absolute Gasteiger partial charge is 0.390 e. The predicted octanol–water partition coefficient (Wildman–Crippen LogP) is 2.89. The number of rotatable bonds is 2. The average Bonchev–Trinajstić information content (AvgIpc) is 2.74. The van der Waals surface area contributed by atoms with Crippen molar-refractivity contribution < 1.29 is 5.11 Å². The Hall–Kier alpha value is -0.990. The number of benzene rings is 1. The second-order valence-corrected chi connectivity index (χ2v) is 4.82. The molecule has 0 aliphatic heterocycles. The van der Waals surface area contributed by atoms with Crippen molar-refractivity contribution in [1.29, 1.82) is 0 Å². The number of aromatic nitrogens is 1. The van der Waals surface area contributed by atoms with Crippen molar-refractivity contribution in [1.82, 2.24) is 4.98 Å². The fraction of sp³-hybridized carbons (Fsp3) is 0.333. The zero-order chi connectivity index (χ0) is 10.5. The first kappa shape index (κ1) is 9.25. The average molecular weight is 222 g/mol. The summed E-state index contributed by atoms with van der Waals surface area (Å²) in [6.45, 7) is 0. The van der Waals surface area contributed by atoms with Crippen LogP contribution >= 0.6 is 11.6 Å². The van der Waals surface area contributed by atoms with E-state index < -0.39 is 5.60 Å². The van der Waals surface area contributed by atoms with E-state index >= 15 is 0 Å². The van der Waals surface area contributed by atoms with E-state index in [2.05, 4.69) is 4.98 Å². The summed E-state index contributed by atoms with van der Waals surface area (Å²) in [7, 11) is 0. The lowest BCUT2D eigenvalue weighted by molar-refractivity contribution is 0.151. The Morgan fingerprint density at radius 3 is 2.93 bits per heavy atom. The van der Waals surface area contributed by atoms with Crippen molar-refractivity contribution in [3.63, 3.8) is 0 Å². The van der Waals surface area contributed by atoms with Crippen molar-refractivity contribution in [3.05, 3.63) is 35.0 Å². The fourth-order valence-electron chi connectivity index (χ4n) is 1.93. The third-order valence-electron chi connectivity index (χ3n) is 3.07. The molecule has 1 saturated carbocycles. The predicted molar refractivity (Wildman–Crippen MR) is 61.2 cm³/mol. The highest BCUT2D eigenvalue weighted by molar-refractivity contribution is 6.32. The van der Waals surface area contributed by atoms with Gasteiger partial charge in [0.25, 0.3) is 0 Å². The fourth-order valence-corrected chi connectivity index (χ4v) is 2.17. The van der Waals surface area contributed by atoms with Gasteiger partial charge in [0.05, 0.1) is 5.60 Å². The zero-order valence-corrected chi connectivity index (χ0v) is 9.01. The summed E-state index contributed by atoms with van der Waals surface area (Å²) in [6.07, 6.45) is 4.36. The van der Waals surface area contributed by atoms with Gasteiger partial charge in [0.15, 0.2) is 0 Å². The quantitative estimate of drug-likeness (QED) is 0.804. The first-order chi connectivity index (χ1) is 7.16. The van der Waals surface area contributed by atoms with Crippen LogP contribution in [0.15, 0.2) is 24.4 Å². The number of aliphatic hydroxyl groups is 1. The number of halogens is 1. The SMILES string of the molecule is OC1(Cc2cc3[nH]ccc3cc2Cl)CC1. The van der Waals surface area contributed by atoms with Gasteiger partial charge in [-0.15, -0.1) is 0 Å². The maximum atomic E-state index is 9.86. The number of hydrogen-bond acceptors (Lipinski definition) is 1. The zero-order valence-electron chi connectivity index (χ0n) is 8.26. The Morgan fingerprint density at radius 2 is 2.20 bits per heavy atom. The highest BCUT2D eigenvalue weighted by Crippen LogP contribution is 2.40. The Bertz CT molecular complexity index is 513. The minimum absolute atomic E-state index is 0.482. The molecule has 15 heavy (non-hydrogen) atoms. The van der Waals surface area contributed by atoms with E-state index in [1.54, 1.807) is 0 Å². The summed E-state index contributed by atoms with van der Waals surface area (Å²) >= 11 is 6.17. The van der Waals surface area contributed by atoms with Gasteiger partial charge in [-0.25, -0.2) is 0 Å². The molecule has 2 aromatic rings. The van der Waals surface area contributed by atoms with E-state index in [1.807, 2.05) is 24.4 Å². The topological polar surface area (TPSA) is 36.0 Å². The molecule has 1 aliphatic rings. The molecule has 0 bridgehead atoms. The van der Waals surface area contributed by atoms with Crippen molar-refractivity contribution >= 4 is 22.5 Å². The third-order valence-corrected chi connectivity index (χ3v) is 3.42. The van der Waals surface area contributed by atoms with Gasteiger partial charge in [-0.3, -0.25) is 0 Å². The molecule has 1 aromatic heterocycles. The second-order valence-electron chi connectivity index (χ2n) is 4.41. The van der Waals surface area contributed by atoms with Crippen LogP contribution in [0.4, 0.5) is 0 Å². The number of H-pyrrole nitrogens is 1. The van der Waals surface area contributed by atoms with Gasteiger partial charge in [0.2, 0.25) is 0 Å². The highest BCUT2D eigenvalue weighted by Gasteiger charge is 2.40. The number of fused-ring (bicyclic) bond motifs is 1. The van der Waals surface area contributed by atoms with Crippen LogP contribution in [0.1, 0.15) is 18.4 Å². The van der Waals surface area contributed by atoms with Crippen LogP contribution < -0.4 is 0 Å². The van der Waals surface area contributed by atoms with E-state index in [1.165, 1.54) is 0 Å². The minimum atomic E-state index is -0.482. The Labute approximate surface area is 92.9 Å². The maximum Gasteiger partial charge on any atom is 0.0690 e. The molecule has 1 heterocycles. The van der Waals surface area contributed by atoms with Gasteiger partial charge in [-0.2, -0.15) is 0 Å². The lowest BCUT2D eigenvalue weighted by Gasteiger charge is -2.09. The standard InChI is InChI=1S/C12H12ClNO/c13-10-5-8-1-4-14-11(8)6-9(10)7-12(15)2-3-12/h1,4-6,14-15H,2-3,7H2. The maximum absolute atomic E-state index is 9.86. The Kier molecular flexibility index (Phi) is 1.85. The van der Waals surface area contributed by atoms with Gasteiger partial charge in [0, 0.05) is 28.5 Å². The first-order valence-corrected chi connectivity index (χ1v) is 5.52. The smallest absolute Gasteiger partial charge is 0.0690 e. The summed E-state index contributed by atoms with van der Waals surface area (Å²) in [4.78, 5) is 3.15. The van der Waals surface area contributed by atoms with Crippen LogP contribution in [-0.2, 0) is 6.42 Å². The molecule has 1 aliphatic carbocycles. The minimum Gasteiger partial charge on any atom is -0.390 e. The van der Waals surface area contributed by atoms with Crippen molar-refractivity contribution in [3.8, 4) is 0 Å². The normalized spacial score (nSPS) is 18.3. The van der Waals surface area contributed by atoms with Crippen LogP contribution in [0.2, 0.25) is 5.02 Å². The summed E-state index contributed by atoms with van der Waals surface area (Å²) in [5.74, 6) is 0. The van der Waals surface area contributed by atoms with E-state index in [0.717, 1.165) is 34.3 Å². The van der Waals surface area contributed by atoms with E-state index in [9.17, 15) is 5.11 Å². The van der Waals surface area contributed by atoms with Crippen LogP contribution in [0, 0.1) is 0 Å². The molecule has 3 rings (SSSR count). The van der Waals surface area contributed by atoms with Crippen LogP contribution in [0.25, 0.3) is 10.9 Å². The molecule has 1 aromatic carbocycles. The van der Waals surface area contributed by atoms with Crippen molar-refractivity contribution in [2.75, 3.05) is 0 Å². The number of nitrogens with one attached hydrogen (secondary N) is 1. The molecular formula is C12H12ClNO. The molecule has 2 nitrogen and oxygen atoms in total. The van der Waals surface area contributed by atoms with Crippen LogP contribution in [0.3, 0.4) is 0 Å². The summed E-state index contributed by atoms with van der Waals surface area (Å²) < 4.78 is 0. The molecule has 0 unspecified atom stereocenters. The number of aromatic amines is 1. The molecule has 0 atom stereocenters. The molecule has 1 fully saturated rings. The second kappa shape index (κ2) is 3.00. The molecule has 78 valence electrons. The summed E-state index contributed by atoms with van der Waals surface area (Å²) in [5, 5.41) is 11.7. The first-order valence-electron chi connectivity index (χ1n) is 5.14. The van der Waals surface area contributed by atoms with Crippen molar-refractivity contribution in [2.24, 2.45) is 0 Å². The Morgan fingerprint density at radius 1 is 1.40 bits per heavy atom. The van der Waals surface area contributed by atoms with Crippen LogP contribution in [-0.4, -0.2) is 15.7 Å². The van der Waals surface area contributed by atoms with Gasteiger partial charge in [0.1, 0.15) is 0 Å². The van der Waals surface area contributed by atoms with E-state index in [-0.39, 0.29) is 0 Å². The molecule has 0 radical (unpaired) electrons. The lowest BCUT2D eigenvalue weighted by Crippen LogP contribution is -2.10. The van der Waals surface area contributed by atoms with E-state index in [4.69, 9.17) is 11.6 Å². The summed E-state index contributed by atoms with van der Waals surface area (Å²) in [6, 6.07) is 5.99. The highest BCUT2D eigenvalue weighted by atomic mass is 35.5. The molecule has 0 amide bonds. The third kappa shape index (κ3) is 1.64. The number of hydrogen-bond donors (Lipinski definition) is 2. The lowest BCUT2D eigenvalue weighted by atomic mass is 10.1.